The molecule has 1 amide bonds. The van der Waals surface area contributed by atoms with Crippen molar-refractivity contribution in [3.8, 4) is 6.07 Å². The molecule has 0 atom stereocenters. The number of rotatable bonds is 3. The number of nitrogens with two attached hydrogens (primary N) is 1. The summed E-state index contributed by atoms with van der Waals surface area (Å²) in [6, 6.07) is 11.6. The Balaban J connectivity index is 2.01. The molecule has 3 N–H and O–H groups in total. The van der Waals surface area contributed by atoms with E-state index in [9.17, 15) is 4.79 Å². The highest BCUT2D eigenvalue weighted by Gasteiger charge is 2.13. The number of hydrogen-bond donors (Lipinski definition) is 2. The maximum atomic E-state index is 11.7. The molecule has 5 nitrogen and oxygen atoms in total. The summed E-state index contributed by atoms with van der Waals surface area (Å²) in [6.45, 7) is 0.560. The summed E-state index contributed by atoms with van der Waals surface area (Å²) in [5.41, 5.74) is 4.66. The van der Waals surface area contributed by atoms with E-state index in [1.165, 1.54) is 11.3 Å². The first-order valence-corrected chi connectivity index (χ1v) is 7.17. The van der Waals surface area contributed by atoms with Crippen molar-refractivity contribution in [1.82, 2.24) is 9.99 Å². The van der Waals surface area contributed by atoms with E-state index in [1.54, 1.807) is 6.07 Å². The second-order valence-electron chi connectivity index (χ2n) is 4.58. The Morgan fingerprint density at radius 2 is 2.24 bits per heavy atom. The Bertz CT molecular complexity index is 856. The van der Waals surface area contributed by atoms with Crippen LogP contribution in [0.4, 0.5) is 0 Å². The summed E-state index contributed by atoms with van der Waals surface area (Å²) in [5.74, 6) is 4.92. The number of carbonyl (C=O) groups is 1. The molecule has 104 valence electrons. The van der Waals surface area contributed by atoms with Crippen molar-refractivity contribution < 1.29 is 4.79 Å². The van der Waals surface area contributed by atoms with Gasteiger partial charge in [0.15, 0.2) is 0 Å². The molecule has 0 aliphatic carbocycles. The highest BCUT2D eigenvalue weighted by molar-refractivity contribution is 7.12. The molecule has 0 spiro atoms. The molecule has 6 heteroatoms. The third-order valence-electron chi connectivity index (χ3n) is 3.33. The number of hydrazine groups is 1. The van der Waals surface area contributed by atoms with Crippen LogP contribution in [0.1, 0.15) is 20.8 Å². The molecule has 0 saturated heterocycles. The normalized spacial score (nSPS) is 10.5. The van der Waals surface area contributed by atoms with E-state index >= 15 is 0 Å². The maximum Gasteiger partial charge on any atom is 0.275 e. The first kappa shape index (κ1) is 13.4. The van der Waals surface area contributed by atoms with Crippen LogP contribution in [0.5, 0.6) is 0 Å². The second-order valence-corrected chi connectivity index (χ2v) is 5.49. The number of nitrogens with zero attached hydrogens (tertiary/aromatic N) is 2. The van der Waals surface area contributed by atoms with Gasteiger partial charge in [0.1, 0.15) is 0 Å². The van der Waals surface area contributed by atoms with Crippen LogP contribution >= 0.6 is 11.3 Å². The largest absolute Gasteiger partial charge is 0.343 e. The van der Waals surface area contributed by atoms with Crippen molar-refractivity contribution in [3.63, 3.8) is 0 Å². The molecule has 0 aliphatic rings. The molecule has 2 aromatic heterocycles. The Morgan fingerprint density at radius 1 is 1.38 bits per heavy atom. The van der Waals surface area contributed by atoms with Crippen LogP contribution in [0.3, 0.4) is 0 Å². The Hall–Kier alpha value is -2.62. The van der Waals surface area contributed by atoms with Gasteiger partial charge in [-0.05, 0) is 40.6 Å². The summed E-state index contributed by atoms with van der Waals surface area (Å²) < 4.78 is 2.02. The van der Waals surface area contributed by atoms with Gasteiger partial charge in [-0.1, -0.05) is 6.07 Å². The van der Waals surface area contributed by atoms with E-state index in [2.05, 4.69) is 11.5 Å². The van der Waals surface area contributed by atoms with Crippen LogP contribution in [0.25, 0.3) is 10.9 Å². The van der Waals surface area contributed by atoms with Crippen molar-refractivity contribution in [2.45, 2.75) is 6.54 Å². The van der Waals surface area contributed by atoms with Gasteiger partial charge >= 0.3 is 0 Å². The molecular formula is C15H12N4OS. The van der Waals surface area contributed by atoms with Crippen LogP contribution in [0.15, 0.2) is 41.9 Å². The number of thiophene rings is 1. The van der Waals surface area contributed by atoms with E-state index < -0.39 is 0 Å². The number of nitrogen functional groups attached to an aromatic ring is 1. The van der Waals surface area contributed by atoms with E-state index in [-0.39, 0.29) is 5.91 Å². The third-order valence-corrected chi connectivity index (χ3v) is 4.28. The van der Waals surface area contributed by atoms with Crippen molar-refractivity contribution in [2.24, 2.45) is 5.84 Å². The highest BCUT2D eigenvalue weighted by Crippen LogP contribution is 2.22. The number of benzene rings is 1. The van der Waals surface area contributed by atoms with E-state index in [0.717, 1.165) is 16.5 Å². The minimum absolute atomic E-state index is 0.283. The Kier molecular flexibility index (Phi) is 3.44. The lowest BCUT2D eigenvalue weighted by Gasteiger charge is -2.06. The Labute approximate surface area is 125 Å². The highest BCUT2D eigenvalue weighted by atomic mass is 32.1. The fourth-order valence-electron chi connectivity index (χ4n) is 2.30. The first-order valence-electron chi connectivity index (χ1n) is 6.29. The minimum Gasteiger partial charge on any atom is -0.343 e. The summed E-state index contributed by atoms with van der Waals surface area (Å²) in [5, 5.41) is 11.9. The predicted octanol–water partition coefficient (Wildman–Crippen LogP) is 2.23. The molecule has 0 radical (unpaired) electrons. The zero-order valence-electron chi connectivity index (χ0n) is 11.0. The summed E-state index contributed by atoms with van der Waals surface area (Å²) in [6.07, 6.45) is 1.95. The predicted molar refractivity (Wildman–Crippen MR) is 81.7 cm³/mol. The average molecular weight is 296 g/mol. The van der Waals surface area contributed by atoms with Crippen LogP contribution in [-0.2, 0) is 6.54 Å². The van der Waals surface area contributed by atoms with Crippen LogP contribution in [0, 0.1) is 11.3 Å². The van der Waals surface area contributed by atoms with Gasteiger partial charge in [-0.3, -0.25) is 10.2 Å². The second kappa shape index (κ2) is 5.40. The summed E-state index contributed by atoms with van der Waals surface area (Å²) in [4.78, 5) is 12.3. The van der Waals surface area contributed by atoms with E-state index in [0.29, 0.717) is 17.0 Å². The number of amides is 1. The zero-order chi connectivity index (χ0) is 14.8. The molecule has 3 aromatic rings. The van der Waals surface area contributed by atoms with Crippen molar-refractivity contribution in [3.05, 3.63) is 57.9 Å². The number of aromatic nitrogens is 1. The lowest BCUT2D eigenvalue weighted by atomic mass is 10.2. The first-order chi connectivity index (χ1) is 10.2. The maximum absolute atomic E-state index is 11.7. The molecular weight excluding hydrogens is 284 g/mol. The molecule has 0 saturated carbocycles. The Morgan fingerprint density at radius 3 is 3.00 bits per heavy atom. The number of hydrogen-bond acceptors (Lipinski definition) is 4. The van der Waals surface area contributed by atoms with E-state index in [1.807, 2.05) is 40.4 Å². The molecule has 0 bridgehead atoms. The average Bonchev–Trinajstić information content (AvgIpc) is 3.14. The third kappa shape index (κ3) is 2.40. The van der Waals surface area contributed by atoms with Crippen molar-refractivity contribution in [1.29, 1.82) is 5.26 Å². The lowest BCUT2D eigenvalue weighted by Crippen LogP contribution is -2.30. The smallest absolute Gasteiger partial charge is 0.275 e. The van der Waals surface area contributed by atoms with Crippen molar-refractivity contribution in [2.75, 3.05) is 0 Å². The fourth-order valence-corrected chi connectivity index (χ4v) is 3.12. The molecule has 1 aromatic carbocycles. The van der Waals surface area contributed by atoms with Crippen LogP contribution in [-0.4, -0.2) is 10.5 Å². The summed E-state index contributed by atoms with van der Waals surface area (Å²) >= 11 is 1.36. The molecule has 3 rings (SSSR count). The minimum atomic E-state index is -0.283. The topological polar surface area (TPSA) is 83.8 Å². The SMILES string of the molecule is N#Cc1ccc2ccn(Cc3ccsc3C(=O)NN)c2c1. The molecule has 21 heavy (non-hydrogen) atoms. The standard InChI is InChI=1S/C15H12N4OS/c16-8-10-1-2-11-3-5-19(13(11)7-10)9-12-4-6-21-14(12)15(20)18-17/h1-7H,9,17H2,(H,18,20). The van der Waals surface area contributed by atoms with Gasteiger partial charge in [-0.2, -0.15) is 5.26 Å². The number of nitrogens with one attached hydrogen (secondary N) is 1. The number of carbonyl (C=O) groups excluding carboxylic acids is 1. The van der Waals surface area contributed by atoms with E-state index in [4.69, 9.17) is 11.1 Å². The van der Waals surface area contributed by atoms with Gasteiger partial charge in [0, 0.05) is 18.3 Å². The quantitative estimate of drug-likeness (QED) is 0.441. The zero-order valence-corrected chi connectivity index (χ0v) is 11.9. The van der Waals surface area contributed by atoms with Gasteiger partial charge < -0.3 is 4.57 Å². The fraction of sp³-hybridized carbons (Fsp3) is 0.0667. The van der Waals surface area contributed by atoms with Crippen LogP contribution < -0.4 is 11.3 Å². The molecule has 0 aliphatic heterocycles. The van der Waals surface area contributed by atoms with Gasteiger partial charge in [0.2, 0.25) is 0 Å². The molecule has 0 fully saturated rings. The summed E-state index contributed by atoms with van der Waals surface area (Å²) in [7, 11) is 0. The molecule has 2 heterocycles. The van der Waals surface area contributed by atoms with Crippen LogP contribution in [0.2, 0.25) is 0 Å². The lowest BCUT2D eigenvalue weighted by molar-refractivity contribution is 0.0957. The number of nitriles is 1. The van der Waals surface area contributed by atoms with Gasteiger partial charge in [0.05, 0.1) is 16.5 Å². The van der Waals surface area contributed by atoms with Gasteiger partial charge in [-0.15, -0.1) is 11.3 Å². The molecule has 0 unspecified atom stereocenters. The van der Waals surface area contributed by atoms with Gasteiger partial charge in [0.25, 0.3) is 5.91 Å². The number of fused-ring (bicyclic) bond motifs is 1. The monoisotopic (exact) mass is 296 g/mol. The van der Waals surface area contributed by atoms with Gasteiger partial charge in [-0.25, -0.2) is 5.84 Å². The van der Waals surface area contributed by atoms with Crippen molar-refractivity contribution >= 4 is 28.1 Å².